The van der Waals surface area contributed by atoms with Crippen LogP contribution in [0.5, 0.6) is 5.75 Å². The van der Waals surface area contributed by atoms with Gasteiger partial charge in [-0.3, -0.25) is 4.79 Å². The summed E-state index contributed by atoms with van der Waals surface area (Å²) in [6, 6.07) is 5.98. The lowest BCUT2D eigenvalue weighted by Gasteiger charge is -2.17. The Bertz CT molecular complexity index is 409. The normalized spacial score (nSPS) is 13.7. The Labute approximate surface area is 112 Å². The molecule has 1 rings (SSSR count). The van der Waals surface area contributed by atoms with Crippen LogP contribution in [-0.4, -0.2) is 29.8 Å². The van der Waals surface area contributed by atoms with Crippen LogP contribution in [0, 0.1) is 5.82 Å². The van der Waals surface area contributed by atoms with E-state index in [1.54, 1.807) is 26.0 Å². The Hall–Kier alpha value is -1.62. The Morgan fingerprint density at radius 1 is 1.47 bits per heavy atom. The van der Waals surface area contributed by atoms with Crippen molar-refractivity contribution in [3.05, 3.63) is 30.1 Å². The molecule has 0 fully saturated rings. The number of carbonyl (C=O) groups is 1. The van der Waals surface area contributed by atoms with Crippen LogP contribution in [0.15, 0.2) is 24.3 Å². The van der Waals surface area contributed by atoms with Gasteiger partial charge in [-0.15, -0.1) is 0 Å². The number of hydrogen-bond donors (Lipinski definition) is 2. The first-order valence-corrected chi connectivity index (χ1v) is 6.41. The van der Waals surface area contributed by atoms with Gasteiger partial charge in [0.2, 0.25) is 0 Å². The molecule has 0 aliphatic rings. The zero-order chi connectivity index (χ0) is 14.3. The molecule has 5 heteroatoms. The lowest BCUT2D eigenvalue weighted by atomic mass is 10.2. The molecule has 1 aromatic rings. The van der Waals surface area contributed by atoms with E-state index < -0.39 is 18.0 Å². The zero-order valence-corrected chi connectivity index (χ0v) is 11.2. The van der Waals surface area contributed by atoms with E-state index >= 15 is 0 Å². The van der Waals surface area contributed by atoms with Gasteiger partial charge in [0.1, 0.15) is 0 Å². The largest absolute Gasteiger partial charge is 0.478 e. The fourth-order valence-electron chi connectivity index (χ4n) is 1.53. The SMILES string of the molecule is CCC(Oc1ccccc1F)C(=O)NCCC(C)O. The van der Waals surface area contributed by atoms with E-state index in [9.17, 15) is 9.18 Å². The minimum absolute atomic E-state index is 0.0695. The van der Waals surface area contributed by atoms with Gasteiger partial charge in [-0.05, 0) is 31.9 Å². The van der Waals surface area contributed by atoms with Crippen molar-refractivity contribution in [1.29, 1.82) is 0 Å². The van der Waals surface area contributed by atoms with Gasteiger partial charge in [0.15, 0.2) is 17.7 Å². The van der Waals surface area contributed by atoms with Crippen molar-refractivity contribution < 1.29 is 19.0 Å². The Balaban J connectivity index is 2.53. The number of ether oxygens (including phenoxy) is 1. The van der Waals surface area contributed by atoms with Gasteiger partial charge in [0.25, 0.3) is 5.91 Å². The van der Waals surface area contributed by atoms with Crippen LogP contribution in [0.25, 0.3) is 0 Å². The van der Waals surface area contributed by atoms with Crippen LogP contribution in [0.2, 0.25) is 0 Å². The molecule has 0 aromatic heterocycles. The molecule has 2 unspecified atom stereocenters. The minimum atomic E-state index is -0.731. The van der Waals surface area contributed by atoms with E-state index in [2.05, 4.69) is 5.32 Å². The zero-order valence-electron chi connectivity index (χ0n) is 11.2. The standard InChI is InChI=1S/C14H20FNO3/c1-3-12(14(18)16-9-8-10(2)17)19-13-7-5-4-6-11(13)15/h4-7,10,12,17H,3,8-9H2,1-2H3,(H,16,18). The molecule has 0 aliphatic carbocycles. The Morgan fingerprint density at radius 3 is 2.74 bits per heavy atom. The predicted octanol–water partition coefficient (Wildman–Crippen LogP) is 1.87. The molecular formula is C14H20FNO3. The summed E-state index contributed by atoms with van der Waals surface area (Å²) in [5.74, 6) is -0.718. The molecule has 106 valence electrons. The van der Waals surface area contributed by atoms with E-state index in [1.807, 2.05) is 0 Å². The van der Waals surface area contributed by atoms with Crippen molar-refractivity contribution in [3.8, 4) is 5.75 Å². The van der Waals surface area contributed by atoms with Gasteiger partial charge < -0.3 is 15.2 Å². The average Bonchev–Trinajstić information content (AvgIpc) is 2.37. The fraction of sp³-hybridized carbons (Fsp3) is 0.500. The van der Waals surface area contributed by atoms with E-state index in [1.165, 1.54) is 12.1 Å². The summed E-state index contributed by atoms with van der Waals surface area (Å²) < 4.78 is 18.8. The lowest BCUT2D eigenvalue weighted by Crippen LogP contribution is -2.39. The van der Waals surface area contributed by atoms with E-state index in [-0.39, 0.29) is 11.7 Å². The summed E-state index contributed by atoms with van der Waals surface area (Å²) in [6.07, 6.45) is -0.282. The molecule has 0 aliphatic heterocycles. The number of aliphatic hydroxyl groups is 1. The number of carbonyl (C=O) groups excluding carboxylic acids is 1. The summed E-state index contributed by atoms with van der Waals surface area (Å²) in [5.41, 5.74) is 0. The first kappa shape index (κ1) is 15.4. The van der Waals surface area contributed by atoms with Crippen molar-refractivity contribution in [3.63, 3.8) is 0 Å². The van der Waals surface area contributed by atoms with E-state index in [0.29, 0.717) is 19.4 Å². The molecule has 0 spiro atoms. The topological polar surface area (TPSA) is 58.6 Å². The van der Waals surface area contributed by atoms with Crippen LogP contribution in [0.4, 0.5) is 4.39 Å². The predicted molar refractivity (Wildman–Crippen MR) is 70.4 cm³/mol. The van der Waals surface area contributed by atoms with Crippen molar-refractivity contribution >= 4 is 5.91 Å². The maximum atomic E-state index is 13.4. The number of nitrogens with one attached hydrogen (secondary N) is 1. The molecular weight excluding hydrogens is 249 g/mol. The highest BCUT2D eigenvalue weighted by Crippen LogP contribution is 2.18. The second kappa shape index (κ2) is 7.74. The van der Waals surface area contributed by atoms with Gasteiger partial charge in [-0.25, -0.2) is 4.39 Å². The van der Waals surface area contributed by atoms with Crippen molar-refractivity contribution in [2.75, 3.05) is 6.54 Å². The van der Waals surface area contributed by atoms with Crippen molar-refractivity contribution in [2.24, 2.45) is 0 Å². The quantitative estimate of drug-likeness (QED) is 0.794. The molecule has 2 N–H and O–H groups in total. The number of benzene rings is 1. The minimum Gasteiger partial charge on any atom is -0.478 e. The van der Waals surface area contributed by atoms with E-state index in [0.717, 1.165) is 0 Å². The summed E-state index contributed by atoms with van der Waals surface area (Å²) in [5, 5.41) is 11.8. The second-order valence-corrected chi connectivity index (χ2v) is 4.37. The molecule has 0 bridgehead atoms. The third-order valence-electron chi connectivity index (χ3n) is 2.63. The first-order chi connectivity index (χ1) is 9.04. The number of amides is 1. The van der Waals surface area contributed by atoms with Crippen LogP contribution < -0.4 is 10.1 Å². The maximum absolute atomic E-state index is 13.4. The van der Waals surface area contributed by atoms with E-state index in [4.69, 9.17) is 9.84 Å². The van der Waals surface area contributed by atoms with Crippen molar-refractivity contribution in [1.82, 2.24) is 5.32 Å². The van der Waals surface area contributed by atoms with Gasteiger partial charge in [-0.1, -0.05) is 19.1 Å². The highest BCUT2D eigenvalue weighted by atomic mass is 19.1. The third-order valence-corrected chi connectivity index (χ3v) is 2.63. The first-order valence-electron chi connectivity index (χ1n) is 6.41. The maximum Gasteiger partial charge on any atom is 0.261 e. The summed E-state index contributed by atoms with van der Waals surface area (Å²) in [7, 11) is 0. The summed E-state index contributed by atoms with van der Waals surface area (Å²) in [4.78, 5) is 11.8. The highest BCUT2D eigenvalue weighted by Gasteiger charge is 2.19. The van der Waals surface area contributed by atoms with Crippen molar-refractivity contribution in [2.45, 2.75) is 38.9 Å². The Kier molecular flexibility index (Phi) is 6.29. The van der Waals surface area contributed by atoms with Crippen LogP contribution >= 0.6 is 0 Å². The molecule has 2 atom stereocenters. The number of rotatable bonds is 7. The lowest BCUT2D eigenvalue weighted by molar-refractivity contribution is -0.128. The molecule has 1 amide bonds. The van der Waals surface area contributed by atoms with Gasteiger partial charge in [-0.2, -0.15) is 0 Å². The van der Waals surface area contributed by atoms with Gasteiger partial charge >= 0.3 is 0 Å². The smallest absolute Gasteiger partial charge is 0.261 e. The molecule has 0 heterocycles. The molecule has 1 aromatic carbocycles. The average molecular weight is 269 g/mol. The van der Waals surface area contributed by atoms with Crippen LogP contribution in [0.3, 0.4) is 0 Å². The number of halogens is 1. The third kappa shape index (κ3) is 5.26. The molecule has 4 nitrogen and oxygen atoms in total. The molecule has 0 radical (unpaired) electrons. The number of hydrogen-bond acceptors (Lipinski definition) is 3. The van der Waals surface area contributed by atoms with Gasteiger partial charge in [0, 0.05) is 6.54 Å². The molecule has 19 heavy (non-hydrogen) atoms. The second-order valence-electron chi connectivity index (χ2n) is 4.37. The number of para-hydroxylation sites is 1. The molecule has 0 saturated heterocycles. The summed E-state index contributed by atoms with van der Waals surface area (Å²) >= 11 is 0. The summed E-state index contributed by atoms with van der Waals surface area (Å²) in [6.45, 7) is 3.81. The fourth-order valence-corrected chi connectivity index (χ4v) is 1.53. The monoisotopic (exact) mass is 269 g/mol. The van der Waals surface area contributed by atoms with Crippen LogP contribution in [0.1, 0.15) is 26.7 Å². The van der Waals surface area contributed by atoms with Gasteiger partial charge in [0.05, 0.1) is 6.10 Å². The molecule has 0 saturated carbocycles. The van der Waals surface area contributed by atoms with Crippen LogP contribution in [-0.2, 0) is 4.79 Å². The highest BCUT2D eigenvalue weighted by molar-refractivity contribution is 5.81. The number of aliphatic hydroxyl groups excluding tert-OH is 1. The Morgan fingerprint density at radius 2 is 2.16 bits per heavy atom.